The molecule has 5 atom stereocenters. The molecule has 1 saturated heterocycles. The van der Waals surface area contributed by atoms with Gasteiger partial charge in [-0.25, -0.2) is 0 Å². The number of nitrogens with zero attached hydrogens (tertiary/aromatic N) is 1. The lowest BCUT2D eigenvalue weighted by Gasteiger charge is -2.34. The van der Waals surface area contributed by atoms with Crippen LogP contribution < -0.4 is 0 Å². The number of likely N-dealkylation sites (N-methyl/N-ethyl adjacent to an activating group) is 1. The average Bonchev–Trinajstić information content (AvgIpc) is 2.85. The Bertz CT molecular complexity index is 393. The monoisotopic (exact) mass is 319 g/mol. The number of hydrogen-bond acceptors (Lipinski definition) is 2. The lowest BCUT2D eigenvalue weighted by molar-refractivity contribution is -0.122. The van der Waals surface area contributed by atoms with Gasteiger partial charge in [-0.15, -0.1) is 0 Å². The van der Waals surface area contributed by atoms with Gasteiger partial charge in [0.2, 0.25) is 0 Å². The van der Waals surface area contributed by atoms with Crippen molar-refractivity contribution in [3.63, 3.8) is 0 Å². The van der Waals surface area contributed by atoms with Crippen LogP contribution in [-0.2, 0) is 4.79 Å². The summed E-state index contributed by atoms with van der Waals surface area (Å²) in [5.41, 5.74) is 0. The molecule has 0 aromatic heterocycles. The van der Waals surface area contributed by atoms with Crippen LogP contribution in [0.2, 0.25) is 0 Å². The highest BCUT2D eigenvalue weighted by Crippen LogP contribution is 2.47. The minimum atomic E-state index is 0.214. The van der Waals surface area contributed by atoms with Gasteiger partial charge in [0.05, 0.1) is 6.04 Å². The maximum Gasteiger partial charge on any atom is 0.147 e. The molecule has 3 fully saturated rings. The molecule has 0 aromatic rings. The van der Waals surface area contributed by atoms with E-state index in [1.807, 2.05) is 6.92 Å². The molecule has 0 bridgehead atoms. The van der Waals surface area contributed by atoms with E-state index in [0.29, 0.717) is 17.7 Å². The van der Waals surface area contributed by atoms with E-state index in [9.17, 15) is 4.79 Å². The summed E-state index contributed by atoms with van der Waals surface area (Å²) in [6.07, 6.45) is 18.1. The molecule has 0 amide bonds. The average molecular weight is 320 g/mol. The van der Waals surface area contributed by atoms with Crippen LogP contribution in [0.15, 0.2) is 0 Å². The first-order valence-corrected chi connectivity index (χ1v) is 10.4. The van der Waals surface area contributed by atoms with Crippen molar-refractivity contribution in [2.45, 2.75) is 102 Å². The molecule has 0 spiro atoms. The summed E-state index contributed by atoms with van der Waals surface area (Å²) in [5, 5.41) is 0. The SMILES string of the molecule is CC(=O)C1[C@@H]2CCCCCCCC3CCCCCCC([C@@H]32)N1C. The largest absolute Gasteiger partial charge is 0.298 e. The molecule has 2 aliphatic carbocycles. The first-order valence-electron chi connectivity index (χ1n) is 10.4. The van der Waals surface area contributed by atoms with Crippen LogP contribution in [0.3, 0.4) is 0 Å². The molecule has 2 saturated carbocycles. The van der Waals surface area contributed by atoms with Gasteiger partial charge in [-0.2, -0.15) is 0 Å². The minimum Gasteiger partial charge on any atom is -0.298 e. The van der Waals surface area contributed by atoms with Crippen molar-refractivity contribution in [1.82, 2.24) is 4.90 Å². The molecule has 3 unspecified atom stereocenters. The van der Waals surface area contributed by atoms with E-state index >= 15 is 0 Å². The summed E-state index contributed by atoms with van der Waals surface area (Å²) in [6, 6.07) is 0.891. The Morgan fingerprint density at radius 2 is 1.30 bits per heavy atom. The number of carbonyl (C=O) groups is 1. The van der Waals surface area contributed by atoms with E-state index in [0.717, 1.165) is 11.8 Å². The number of carbonyl (C=O) groups excluding carboxylic acids is 1. The molecular formula is C21H37NO. The van der Waals surface area contributed by atoms with Gasteiger partial charge in [0, 0.05) is 6.04 Å². The second kappa shape index (κ2) is 8.14. The molecule has 2 heteroatoms. The van der Waals surface area contributed by atoms with Crippen LogP contribution in [0.5, 0.6) is 0 Å². The Morgan fingerprint density at radius 1 is 0.783 bits per heavy atom. The summed E-state index contributed by atoms with van der Waals surface area (Å²) in [6.45, 7) is 1.85. The predicted molar refractivity (Wildman–Crippen MR) is 96.5 cm³/mol. The van der Waals surface area contributed by atoms with Gasteiger partial charge in [-0.3, -0.25) is 9.69 Å². The molecule has 0 radical (unpaired) electrons. The van der Waals surface area contributed by atoms with E-state index in [4.69, 9.17) is 0 Å². The zero-order valence-electron chi connectivity index (χ0n) is 15.4. The van der Waals surface area contributed by atoms with Crippen molar-refractivity contribution in [3.05, 3.63) is 0 Å². The number of Topliss-reactive ketones (excluding diaryl/α,β-unsaturated/α-hetero) is 1. The summed E-state index contributed by atoms with van der Waals surface area (Å²) in [7, 11) is 2.26. The minimum absolute atomic E-state index is 0.214. The topological polar surface area (TPSA) is 20.3 Å². The Balaban J connectivity index is 1.90. The van der Waals surface area contributed by atoms with Crippen molar-refractivity contribution in [2.24, 2.45) is 17.8 Å². The van der Waals surface area contributed by atoms with Crippen LogP contribution in [0.25, 0.3) is 0 Å². The highest BCUT2D eigenvalue weighted by molar-refractivity contribution is 5.82. The highest BCUT2D eigenvalue weighted by atomic mass is 16.1. The van der Waals surface area contributed by atoms with E-state index in [2.05, 4.69) is 11.9 Å². The van der Waals surface area contributed by atoms with Gasteiger partial charge in [0.1, 0.15) is 5.78 Å². The zero-order chi connectivity index (χ0) is 16.2. The van der Waals surface area contributed by atoms with Crippen LogP contribution in [0.4, 0.5) is 0 Å². The van der Waals surface area contributed by atoms with Crippen molar-refractivity contribution in [2.75, 3.05) is 7.05 Å². The molecule has 1 aliphatic heterocycles. The summed E-state index contributed by atoms with van der Waals surface area (Å²) in [5.74, 6) is 2.75. The van der Waals surface area contributed by atoms with Crippen LogP contribution >= 0.6 is 0 Å². The van der Waals surface area contributed by atoms with E-state index in [1.165, 1.54) is 83.5 Å². The third kappa shape index (κ3) is 3.83. The molecule has 23 heavy (non-hydrogen) atoms. The van der Waals surface area contributed by atoms with Crippen LogP contribution in [-0.4, -0.2) is 29.8 Å². The lowest BCUT2D eigenvalue weighted by Crippen LogP contribution is -2.39. The van der Waals surface area contributed by atoms with Gasteiger partial charge in [-0.05, 0) is 44.6 Å². The number of likely N-dealkylation sites (tertiary alicyclic amines) is 1. The van der Waals surface area contributed by atoms with Crippen LogP contribution in [0, 0.1) is 17.8 Å². The molecule has 132 valence electrons. The Kier molecular flexibility index (Phi) is 6.18. The fraction of sp³-hybridized carbons (Fsp3) is 0.952. The smallest absolute Gasteiger partial charge is 0.147 e. The fourth-order valence-electron chi connectivity index (χ4n) is 6.23. The van der Waals surface area contributed by atoms with Gasteiger partial charge in [-0.1, -0.05) is 70.6 Å². The maximum absolute atomic E-state index is 12.5. The van der Waals surface area contributed by atoms with Crippen LogP contribution in [0.1, 0.15) is 90.4 Å². The molecule has 3 aliphatic rings. The maximum atomic E-state index is 12.5. The lowest BCUT2D eigenvalue weighted by atomic mass is 9.70. The van der Waals surface area contributed by atoms with Crippen molar-refractivity contribution in [3.8, 4) is 0 Å². The van der Waals surface area contributed by atoms with Gasteiger partial charge in [0.15, 0.2) is 0 Å². The molecule has 1 heterocycles. The first kappa shape index (κ1) is 17.5. The van der Waals surface area contributed by atoms with E-state index in [-0.39, 0.29) is 6.04 Å². The standard InChI is InChI=1S/C21H37NO/c1-16(23)21-18-14-10-5-3-4-8-12-17-13-9-6-7-11-15-19(20(17)18)22(21)2/h17-21H,3-15H2,1-2H3/t17?,18-,19?,20+,21?/m1/s1. The quantitative estimate of drug-likeness (QED) is 0.661. The van der Waals surface area contributed by atoms with Crippen molar-refractivity contribution < 1.29 is 4.79 Å². The van der Waals surface area contributed by atoms with Crippen molar-refractivity contribution in [1.29, 1.82) is 0 Å². The summed E-state index contributed by atoms with van der Waals surface area (Å²) < 4.78 is 0. The summed E-state index contributed by atoms with van der Waals surface area (Å²) >= 11 is 0. The Hall–Kier alpha value is -0.370. The molecular weight excluding hydrogens is 282 g/mol. The second-order valence-electron chi connectivity index (χ2n) is 8.63. The molecule has 0 aromatic carbocycles. The second-order valence-corrected chi connectivity index (χ2v) is 8.63. The van der Waals surface area contributed by atoms with E-state index < -0.39 is 0 Å². The number of rotatable bonds is 1. The van der Waals surface area contributed by atoms with Gasteiger partial charge < -0.3 is 0 Å². The number of hydrogen-bond donors (Lipinski definition) is 0. The highest BCUT2D eigenvalue weighted by Gasteiger charge is 2.50. The van der Waals surface area contributed by atoms with E-state index in [1.54, 1.807) is 0 Å². The third-order valence-electron chi connectivity index (χ3n) is 7.20. The normalized spacial score (nSPS) is 40.5. The van der Waals surface area contributed by atoms with Crippen molar-refractivity contribution >= 4 is 5.78 Å². The zero-order valence-corrected chi connectivity index (χ0v) is 15.4. The molecule has 3 rings (SSSR count). The Morgan fingerprint density at radius 3 is 1.91 bits per heavy atom. The predicted octanol–water partition coefficient (Wildman–Crippen LogP) is 5.21. The van der Waals surface area contributed by atoms with Gasteiger partial charge in [0.25, 0.3) is 0 Å². The third-order valence-corrected chi connectivity index (χ3v) is 7.20. The molecule has 2 nitrogen and oxygen atoms in total. The number of ketones is 1. The first-order chi connectivity index (χ1) is 11.2. The van der Waals surface area contributed by atoms with Gasteiger partial charge >= 0.3 is 0 Å². The molecule has 0 N–H and O–H groups in total. The summed E-state index contributed by atoms with van der Waals surface area (Å²) in [4.78, 5) is 15.0. The fourth-order valence-corrected chi connectivity index (χ4v) is 6.23. The Labute approximate surface area is 143 Å².